The van der Waals surface area contributed by atoms with Crippen molar-refractivity contribution in [1.82, 2.24) is 0 Å². The third-order valence-corrected chi connectivity index (χ3v) is 11.4. The SMILES string of the molecule is CCCC(C)(CC)OC(=O)c1ccc(Oc2ccc(C(=O)Oc3ccc(C4(c5ccc(C(C)(C)CCC)cc5)CC(C)CC(C)(C)C4)cc3)cc2)cc1. The van der Waals surface area contributed by atoms with Crippen LogP contribution in [-0.2, 0) is 15.6 Å². The van der Waals surface area contributed by atoms with Gasteiger partial charge in [-0.3, -0.25) is 0 Å². The van der Waals surface area contributed by atoms with E-state index in [1.807, 2.05) is 26.0 Å². The molecule has 1 fully saturated rings. The van der Waals surface area contributed by atoms with Crippen molar-refractivity contribution in [3.05, 3.63) is 125 Å². The summed E-state index contributed by atoms with van der Waals surface area (Å²) in [6, 6.07) is 31.4. The van der Waals surface area contributed by atoms with Crippen LogP contribution in [0.25, 0.3) is 0 Å². The van der Waals surface area contributed by atoms with Crippen LogP contribution in [0.5, 0.6) is 17.2 Å². The van der Waals surface area contributed by atoms with E-state index in [4.69, 9.17) is 14.2 Å². The standard InChI is InChI=1S/C48H60O5/c1-10-29-46(7,8)37-17-19-38(20-18-37)48(32-34(4)31-45(5,6)33-48)39-21-27-42(28-22-39)52-43(49)35-13-23-40(24-14-35)51-41-25-15-36(16-26-41)44(50)53-47(9,12-3)30-11-2/h13-28,34H,10-12,29-33H2,1-9H3. The second-order valence-electron chi connectivity index (χ2n) is 17.2. The van der Waals surface area contributed by atoms with Gasteiger partial charge in [0, 0.05) is 5.41 Å². The van der Waals surface area contributed by atoms with Crippen LogP contribution in [0.2, 0.25) is 0 Å². The first-order valence-corrected chi connectivity index (χ1v) is 19.7. The lowest BCUT2D eigenvalue weighted by atomic mass is 9.55. The molecule has 4 aromatic rings. The minimum Gasteiger partial charge on any atom is -0.457 e. The van der Waals surface area contributed by atoms with Crippen molar-refractivity contribution < 1.29 is 23.8 Å². The molecule has 0 aromatic heterocycles. The highest BCUT2D eigenvalue weighted by atomic mass is 16.6. The topological polar surface area (TPSA) is 61.8 Å². The fourth-order valence-corrected chi connectivity index (χ4v) is 8.76. The highest BCUT2D eigenvalue weighted by Crippen LogP contribution is 2.54. The van der Waals surface area contributed by atoms with Crippen LogP contribution in [0.1, 0.15) is 151 Å². The van der Waals surface area contributed by atoms with E-state index in [1.165, 1.54) is 23.1 Å². The summed E-state index contributed by atoms with van der Waals surface area (Å²) in [5, 5.41) is 0. The Morgan fingerprint density at radius 3 is 1.64 bits per heavy atom. The Morgan fingerprint density at radius 2 is 1.15 bits per heavy atom. The lowest BCUT2D eigenvalue weighted by Gasteiger charge is -2.49. The minimum atomic E-state index is -0.472. The lowest BCUT2D eigenvalue weighted by Crippen LogP contribution is -2.41. The first-order valence-electron chi connectivity index (χ1n) is 19.7. The van der Waals surface area contributed by atoms with Crippen LogP contribution in [0.15, 0.2) is 97.1 Å². The van der Waals surface area contributed by atoms with Crippen LogP contribution >= 0.6 is 0 Å². The van der Waals surface area contributed by atoms with Crippen LogP contribution in [0.4, 0.5) is 0 Å². The van der Waals surface area contributed by atoms with Crippen molar-refractivity contribution in [3.8, 4) is 17.2 Å². The first-order chi connectivity index (χ1) is 25.1. The molecule has 1 saturated carbocycles. The molecule has 0 amide bonds. The maximum Gasteiger partial charge on any atom is 0.343 e. The summed E-state index contributed by atoms with van der Waals surface area (Å²) in [7, 11) is 0. The summed E-state index contributed by atoms with van der Waals surface area (Å²) in [6.45, 7) is 20.2. The molecule has 3 unspecified atom stereocenters. The van der Waals surface area contributed by atoms with E-state index in [0.29, 0.717) is 34.3 Å². The summed E-state index contributed by atoms with van der Waals surface area (Å²) in [4.78, 5) is 25.9. The van der Waals surface area contributed by atoms with Gasteiger partial charge in [0.05, 0.1) is 11.1 Å². The molecular weight excluding hydrogens is 657 g/mol. The molecule has 5 heteroatoms. The zero-order valence-electron chi connectivity index (χ0n) is 33.5. The van der Waals surface area contributed by atoms with Gasteiger partial charge in [0.15, 0.2) is 0 Å². The number of carbonyl (C=O) groups excluding carboxylic acids is 2. The summed E-state index contributed by atoms with van der Waals surface area (Å²) >= 11 is 0. The van der Waals surface area contributed by atoms with Crippen LogP contribution in [0.3, 0.4) is 0 Å². The summed E-state index contributed by atoms with van der Waals surface area (Å²) in [5.74, 6) is 1.47. The number of rotatable bonds is 14. The Balaban J connectivity index is 1.26. The number of hydrogen-bond acceptors (Lipinski definition) is 5. The van der Waals surface area contributed by atoms with Crippen LogP contribution < -0.4 is 9.47 Å². The summed E-state index contributed by atoms with van der Waals surface area (Å²) in [5.41, 5.74) is 4.67. The number of benzene rings is 4. The van der Waals surface area contributed by atoms with Crippen molar-refractivity contribution in [1.29, 1.82) is 0 Å². The Hall–Kier alpha value is -4.38. The molecule has 53 heavy (non-hydrogen) atoms. The van der Waals surface area contributed by atoms with Gasteiger partial charge in [-0.15, -0.1) is 0 Å². The molecule has 0 bridgehead atoms. The number of carbonyl (C=O) groups is 2. The quantitative estimate of drug-likeness (QED) is 0.0960. The maximum atomic E-state index is 13.2. The van der Waals surface area contributed by atoms with Gasteiger partial charge < -0.3 is 14.2 Å². The average Bonchev–Trinajstić information content (AvgIpc) is 3.11. The van der Waals surface area contributed by atoms with E-state index in [2.05, 4.69) is 84.9 Å². The normalized spacial score (nSPS) is 19.5. The Morgan fingerprint density at radius 1 is 0.660 bits per heavy atom. The van der Waals surface area contributed by atoms with E-state index in [9.17, 15) is 9.59 Å². The van der Waals surface area contributed by atoms with Gasteiger partial charge in [0.25, 0.3) is 0 Å². The second kappa shape index (κ2) is 16.3. The van der Waals surface area contributed by atoms with Crippen molar-refractivity contribution in [2.75, 3.05) is 0 Å². The highest BCUT2D eigenvalue weighted by molar-refractivity contribution is 5.91. The van der Waals surface area contributed by atoms with Gasteiger partial charge in [-0.05, 0) is 140 Å². The van der Waals surface area contributed by atoms with Gasteiger partial charge in [-0.1, -0.05) is 105 Å². The lowest BCUT2D eigenvalue weighted by molar-refractivity contribution is -0.0156. The number of esters is 2. The van der Waals surface area contributed by atoms with E-state index in [1.54, 1.807) is 48.5 Å². The average molecular weight is 717 g/mol. The molecule has 1 aliphatic rings. The van der Waals surface area contributed by atoms with Gasteiger partial charge in [-0.2, -0.15) is 0 Å². The van der Waals surface area contributed by atoms with E-state index in [-0.39, 0.29) is 22.2 Å². The molecule has 3 atom stereocenters. The third kappa shape index (κ3) is 9.60. The largest absolute Gasteiger partial charge is 0.457 e. The first kappa shape index (κ1) is 39.8. The summed E-state index contributed by atoms with van der Waals surface area (Å²) < 4.78 is 17.7. The Kier molecular flexibility index (Phi) is 12.3. The third-order valence-electron chi connectivity index (χ3n) is 11.4. The molecule has 5 nitrogen and oxygen atoms in total. The molecule has 0 N–H and O–H groups in total. The molecule has 5 rings (SSSR count). The van der Waals surface area contributed by atoms with Gasteiger partial charge in [-0.25, -0.2) is 9.59 Å². The fraction of sp³-hybridized carbons (Fsp3) is 0.458. The van der Waals surface area contributed by atoms with E-state index >= 15 is 0 Å². The Bertz CT molecular complexity index is 1820. The van der Waals surface area contributed by atoms with E-state index < -0.39 is 11.6 Å². The molecular formula is C48H60O5. The molecule has 0 saturated heterocycles. The van der Waals surface area contributed by atoms with Crippen LogP contribution in [0, 0.1) is 11.3 Å². The van der Waals surface area contributed by atoms with Crippen molar-refractivity contribution in [2.45, 2.75) is 130 Å². The molecule has 4 aromatic carbocycles. The second-order valence-corrected chi connectivity index (χ2v) is 17.2. The van der Waals surface area contributed by atoms with E-state index in [0.717, 1.165) is 44.9 Å². The van der Waals surface area contributed by atoms with Gasteiger partial charge in [0.2, 0.25) is 0 Å². The molecule has 0 heterocycles. The predicted molar refractivity (Wildman–Crippen MR) is 215 cm³/mol. The maximum absolute atomic E-state index is 13.2. The molecule has 0 aliphatic heterocycles. The highest BCUT2D eigenvalue weighted by Gasteiger charge is 2.45. The zero-order chi connectivity index (χ0) is 38.4. The smallest absolute Gasteiger partial charge is 0.343 e. The minimum absolute atomic E-state index is 0.123. The van der Waals surface area contributed by atoms with Crippen molar-refractivity contribution >= 4 is 11.9 Å². The zero-order valence-corrected chi connectivity index (χ0v) is 33.5. The van der Waals surface area contributed by atoms with Crippen LogP contribution in [-0.4, -0.2) is 17.5 Å². The summed E-state index contributed by atoms with van der Waals surface area (Å²) in [6.07, 6.45) is 8.19. The fourth-order valence-electron chi connectivity index (χ4n) is 8.76. The molecule has 1 aliphatic carbocycles. The van der Waals surface area contributed by atoms with Crippen molar-refractivity contribution in [3.63, 3.8) is 0 Å². The van der Waals surface area contributed by atoms with Crippen molar-refractivity contribution in [2.24, 2.45) is 11.3 Å². The molecule has 282 valence electrons. The predicted octanol–water partition coefficient (Wildman–Crippen LogP) is 13.0. The van der Waals surface area contributed by atoms with Gasteiger partial charge in [0.1, 0.15) is 22.8 Å². The number of hydrogen-bond donors (Lipinski definition) is 0. The Labute approximate surface area is 318 Å². The number of ether oxygens (including phenoxy) is 3. The molecule has 0 radical (unpaired) electrons. The van der Waals surface area contributed by atoms with Gasteiger partial charge >= 0.3 is 11.9 Å². The molecule has 0 spiro atoms. The monoisotopic (exact) mass is 716 g/mol.